The molecule has 0 aliphatic heterocycles. The number of hydrogen-bond acceptors (Lipinski definition) is 4. The van der Waals surface area contributed by atoms with E-state index in [1.165, 1.54) is 0 Å². The summed E-state index contributed by atoms with van der Waals surface area (Å²) in [5.41, 5.74) is 0.554. The number of carbonyl (C=O) groups is 2. The van der Waals surface area contributed by atoms with E-state index in [9.17, 15) is 19.8 Å². The van der Waals surface area contributed by atoms with E-state index in [0.29, 0.717) is 10.6 Å². The van der Waals surface area contributed by atoms with Crippen LogP contribution in [0.1, 0.15) is 5.56 Å². The SMILES string of the molecule is O=C([O-])C(Cc1ccc(Cl)cc1)C(=O)[O-]. The van der Waals surface area contributed by atoms with E-state index in [1.807, 2.05) is 0 Å². The van der Waals surface area contributed by atoms with Gasteiger partial charge in [0.1, 0.15) is 0 Å². The summed E-state index contributed by atoms with van der Waals surface area (Å²) in [6, 6.07) is 6.22. The average molecular weight is 227 g/mol. The van der Waals surface area contributed by atoms with Crippen molar-refractivity contribution < 1.29 is 19.8 Å². The molecule has 15 heavy (non-hydrogen) atoms. The standard InChI is InChI=1S/C10H9ClO4/c11-7-3-1-6(2-4-7)5-8(9(12)13)10(14)15/h1-4,8H,5H2,(H,12,13)(H,14,15)/p-2. The number of carboxylic acids is 2. The van der Waals surface area contributed by atoms with E-state index in [4.69, 9.17) is 11.6 Å². The summed E-state index contributed by atoms with van der Waals surface area (Å²) < 4.78 is 0. The molecule has 0 N–H and O–H groups in total. The lowest BCUT2D eigenvalue weighted by Gasteiger charge is -2.18. The first kappa shape index (κ1) is 11.5. The smallest absolute Gasteiger partial charge is 0.0504 e. The zero-order valence-corrected chi connectivity index (χ0v) is 8.36. The minimum atomic E-state index is -1.65. The van der Waals surface area contributed by atoms with Gasteiger partial charge in [-0.25, -0.2) is 0 Å². The number of benzene rings is 1. The lowest BCUT2D eigenvalue weighted by Crippen LogP contribution is -2.44. The maximum Gasteiger partial charge on any atom is 0.0504 e. The molecule has 4 nitrogen and oxygen atoms in total. The van der Waals surface area contributed by atoms with E-state index >= 15 is 0 Å². The normalized spacial score (nSPS) is 10.3. The van der Waals surface area contributed by atoms with Gasteiger partial charge < -0.3 is 19.8 Å². The molecule has 0 aromatic heterocycles. The molecule has 80 valence electrons. The summed E-state index contributed by atoms with van der Waals surface area (Å²) in [4.78, 5) is 20.9. The third-order valence-corrected chi connectivity index (χ3v) is 2.17. The second-order valence-corrected chi connectivity index (χ2v) is 3.46. The van der Waals surface area contributed by atoms with Crippen LogP contribution in [0.3, 0.4) is 0 Å². The topological polar surface area (TPSA) is 80.3 Å². The van der Waals surface area contributed by atoms with Crippen molar-refractivity contribution in [3.63, 3.8) is 0 Å². The highest BCUT2D eigenvalue weighted by Gasteiger charge is 2.11. The van der Waals surface area contributed by atoms with Gasteiger partial charge in [-0.15, -0.1) is 0 Å². The average Bonchev–Trinajstić information content (AvgIpc) is 2.15. The van der Waals surface area contributed by atoms with Crippen molar-refractivity contribution in [2.45, 2.75) is 6.42 Å². The van der Waals surface area contributed by atoms with Gasteiger partial charge in [-0.1, -0.05) is 23.7 Å². The van der Waals surface area contributed by atoms with Gasteiger partial charge in [-0.05, 0) is 24.1 Å². The molecule has 5 heteroatoms. The Kier molecular flexibility index (Phi) is 3.68. The summed E-state index contributed by atoms with van der Waals surface area (Å²) in [6.45, 7) is 0. The monoisotopic (exact) mass is 226 g/mol. The molecular weight excluding hydrogens is 220 g/mol. The molecule has 0 amide bonds. The summed E-state index contributed by atoms with van der Waals surface area (Å²) in [6.07, 6.45) is -0.165. The highest BCUT2D eigenvalue weighted by atomic mass is 35.5. The molecule has 1 aromatic carbocycles. The Balaban J connectivity index is 2.79. The maximum absolute atomic E-state index is 10.5. The molecule has 0 saturated heterocycles. The number of hydrogen-bond donors (Lipinski definition) is 0. The minimum absolute atomic E-state index is 0.165. The van der Waals surface area contributed by atoms with Crippen molar-refractivity contribution in [3.05, 3.63) is 34.9 Å². The van der Waals surface area contributed by atoms with Crippen LogP contribution in [0.25, 0.3) is 0 Å². The van der Waals surface area contributed by atoms with E-state index in [2.05, 4.69) is 0 Å². The van der Waals surface area contributed by atoms with Gasteiger partial charge in [-0.2, -0.15) is 0 Å². The Labute approximate surface area is 91.1 Å². The second-order valence-electron chi connectivity index (χ2n) is 3.02. The van der Waals surface area contributed by atoms with Crippen molar-refractivity contribution in [3.8, 4) is 0 Å². The molecule has 0 bridgehead atoms. The number of aliphatic carboxylic acids is 2. The molecule has 0 aliphatic carbocycles. The third-order valence-electron chi connectivity index (χ3n) is 1.92. The molecule has 1 aromatic rings. The summed E-state index contributed by atoms with van der Waals surface area (Å²) in [5, 5.41) is 21.4. The van der Waals surface area contributed by atoms with Gasteiger partial charge in [0.15, 0.2) is 0 Å². The van der Waals surface area contributed by atoms with Gasteiger partial charge in [0.05, 0.1) is 11.9 Å². The molecule has 0 heterocycles. The highest BCUT2D eigenvalue weighted by molar-refractivity contribution is 6.30. The quantitative estimate of drug-likeness (QED) is 0.617. The van der Waals surface area contributed by atoms with Crippen LogP contribution >= 0.6 is 11.6 Å². The van der Waals surface area contributed by atoms with E-state index in [1.54, 1.807) is 24.3 Å². The summed E-state index contributed by atoms with van der Waals surface area (Å²) in [5.74, 6) is -4.93. The number of halogens is 1. The largest absolute Gasteiger partial charge is 0.549 e. The van der Waals surface area contributed by atoms with Gasteiger partial charge in [0.2, 0.25) is 0 Å². The first-order chi connectivity index (χ1) is 7.00. The Hall–Kier alpha value is -1.55. The van der Waals surface area contributed by atoms with Crippen LogP contribution in [-0.4, -0.2) is 11.9 Å². The fourth-order valence-electron chi connectivity index (χ4n) is 1.12. The molecule has 1 rings (SSSR count). The lowest BCUT2D eigenvalue weighted by atomic mass is 10.00. The van der Waals surface area contributed by atoms with E-state index in [-0.39, 0.29) is 6.42 Å². The van der Waals surface area contributed by atoms with Crippen LogP contribution in [0.5, 0.6) is 0 Å². The summed E-state index contributed by atoms with van der Waals surface area (Å²) >= 11 is 5.62. The van der Waals surface area contributed by atoms with Crippen molar-refractivity contribution in [2.24, 2.45) is 5.92 Å². The predicted octanol–water partition coefficient (Wildman–Crippen LogP) is -1.00. The Morgan fingerprint density at radius 3 is 2.00 bits per heavy atom. The van der Waals surface area contributed by atoms with Crippen LogP contribution in [0.15, 0.2) is 24.3 Å². The first-order valence-electron chi connectivity index (χ1n) is 4.17. The van der Waals surface area contributed by atoms with Gasteiger partial charge in [0.25, 0.3) is 0 Å². The first-order valence-corrected chi connectivity index (χ1v) is 4.54. The highest BCUT2D eigenvalue weighted by Crippen LogP contribution is 2.13. The van der Waals surface area contributed by atoms with E-state index in [0.717, 1.165) is 0 Å². The van der Waals surface area contributed by atoms with E-state index < -0.39 is 17.9 Å². The van der Waals surface area contributed by atoms with Crippen LogP contribution in [0, 0.1) is 5.92 Å². The van der Waals surface area contributed by atoms with Gasteiger partial charge in [0, 0.05) is 10.9 Å². The van der Waals surface area contributed by atoms with Gasteiger partial charge in [-0.3, -0.25) is 0 Å². The third kappa shape index (κ3) is 3.25. The van der Waals surface area contributed by atoms with Crippen molar-refractivity contribution >= 4 is 23.5 Å². The zero-order valence-electron chi connectivity index (χ0n) is 7.60. The molecule has 0 aliphatic rings. The maximum atomic E-state index is 10.5. The van der Waals surface area contributed by atoms with Crippen LogP contribution in [0.2, 0.25) is 5.02 Å². The lowest BCUT2D eigenvalue weighted by molar-refractivity contribution is -0.331. The zero-order chi connectivity index (χ0) is 11.4. The molecule has 0 saturated carbocycles. The Morgan fingerprint density at radius 1 is 1.13 bits per heavy atom. The van der Waals surface area contributed by atoms with Crippen molar-refractivity contribution in [1.29, 1.82) is 0 Å². The predicted molar refractivity (Wildman–Crippen MR) is 48.7 cm³/mol. The molecule has 0 unspecified atom stereocenters. The van der Waals surface area contributed by atoms with Gasteiger partial charge >= 0.3 is 0 Å². The van der Waals surface area contributed by atoms with Crippen molar-refractivity contribution in [2.75, 3.05) is 0 Å². The number of carboxylic acid groups (broad SMARTS) is 2. The second kappa shape index (κ2) is 4.79. The van der Waals surface area contributed by atoms with Crippen molar-refractivity contribution in [1.82, 2.24) is 0 Å². The molecule has 0 fully saturated rings. The molecule has 0 atom stereocenters. The molecular formula is C10H7ClO4-2. The van der Waals surface area contributed by atoms with Crippen LogP contribution in [0.4, 0.5) is 0 Å². The number of rotatable bonds is 4. The molecule has 0 radical (unpaired) electrons. The number of carbonyl (C=O) groups excluding carboxylic acids is 2. The summed E-state index contributed by atoms with van der Waals surface area (Å²) in [7, 11) is 0. The Bertz CT molecular complexity index is 358. The fraction of sp³-hybridized carbons (Fsp3) is 0.200. The fourth-order valence-corrected chi connectivity index (χ4v) is 1.25. The molecule has 0 spiro atoms. The van der Waals surface area contributed by atoms with Crippen LogP contribution < -0.4 is 10.2 Å². The minimum Gasteiger partial charge on any atom is -0.549 e. The van der Waals surface area contributed by atoms with Crippen LogP contribution in [-0.2, 0) is 16.0 Å². The Morgan fingerprint density at radius 2 is 1.60 bits per heavy atom.